The average molecular weight is 376 g/mol. The molecule has 0 bridgehead atoms. The molecule has 3 aromatic rings. The number of pyridine rings is 2. The second-order valence-corrected chi connectivity index (χ2v) is 5.86. The van der Waals surface area contributed by atoms with Crippen LogP contribution in [0.3, 0.4) is 0 Å². The van der Waals surface area contributed by atoms with Crippen molar-refractivity contribution in [3.8, 4) is 0 Å². The van der Waals surface area contributed by atoms with Crippen molar-refractivity contribution < 1.29 is 14.3 Å². The van der Waals surface area contributed by atoms with Crippen LogP contribution in [0.4, 0.5) is 11.5 Å². The minimum atomic E-state index is -0.420. The summed E-state index contributed by atoms with van der Waals surface area (Å²) < 4.78 is 5.07. The highest BCUT2D eigenvalue weighted by atomic mass is 16.5. The molecule has 3 rings (SSSR count). The molecule has 7 nitrogen and oxygen atoms in total. The lowest BCUT2D eigenvalue weighted by Gasteiger charge is -2.11. The van der Waals surface area contributed by atoms with Crippen molar-refractivity contribution in [2.24, 2.45) is 0 Å². The maximum absolute atomic E-state index is 12.4. The Hall–Kier alpha value is -3.74. The summed E-state index contributed by atoms with van der Waals surface area (Å²) in [7, 11) is 0. The van der Waals surface area contributed by atoms with E-state index in [-0.39, 0.29) is 12.5 Å². The molecule has 0 atom stereocenters. The van der Waals surface area contributed by atoms with Gasteiger partial charge in [-0.25, -0.2) is 9.78 Å². The number of esters is 1. The number of carbonyl (C=O) groups is 2. The van der Waals surface area contributed by atoms with Gasteiger partial charge >= 0.3 is 5.97 Å². The van der Waals surface area contributed by atoms with Crippen molar-refractivity contribution in [3.63, 3.8) is 0 Å². The summed E-state index contributed by atoms with van der Waals surface area (Å²) in [4.78, 5) is 32.8. The van der Waals surface area contributed by atoms with Crippen LogP contribution < -0.4 is 10.6 Å². The molecule has 7 heteroatoms. The zero-order valence-electron chi connectivity index (χ0n) is 15.4. The van der Waals surface area contributed by atoms with Crippen LogP contribution in [0, 0.1) is 0 Å². The first-order valence-corrected chi connectivity index (χ1v) is 8.83. The lowest BCUT2D eigenvalue weighted by Crippen LogP contribution is -2.23. The molecule has 1 amide bonds. The van der Waals surface area contributed by atoms with Gasteiger partial charge in [0.15, 0.2) is 0 Å². The summed E-state index contributed by atoms with van der Waals surface area (Å²) in [5.41, 5.74) is 2.32. The van der Waals surface area contributed by atoms with E-state index in [4.69, 9.17) is 4.74 Å². The monoisotopic (exact) mass is 376 g/mol. The summed E-state index contributed by atoms with van der Waals surface area (Å²) in [6.45, 7) is 2.42. The van der Waals surface area contributed by atoms with E-state index in [1.54, 1.807) is 55.7 Å². The largest absolute Gasteiger partial charge is 0.462 e. The third kappa shape index (κ3) is 4.91. The highest BCUT2D eigenvalue weighted by Gasteiger charge is 2.13. The third-order valence-corrected chi connectivity index (χ3v) is 3.88. The Bertz CT molecular complexity index is 961. The summed E-state index contributed by atoms with van der Waals surface area (Å²) in [5.74, 6) is -0.199. The standard InChI is InChI=1S/C21H20N4O3/c1-2-28-21(27)17-7-3-4-8-18(17)25-19-12-16(9-11-23-19)20(26)24-14-15-6-5-10-22-13-15/h3-13H,2,14H2,1H3,(H,23,25)(H,24,26). The first kappa shape index (κ1) is 19.0. The minimum Gasteiger partial charge on any atom is -0.462 e. The van der Waals surface area contributed by atoms with Gasteiger partial charge in [0.25, 0.3) is 5.91 Å². The van der Waals surface area contributed by atoms with Crippen LogP contribution in [0.1, 0.15) is 33.2 Å². The fourth-order valence-corrected chi connectivity index (χ4v) is 2.54. The molecule has 0 aliphatic heterocycles. The van der Waals surface area contributed by atoms with Gasteiger partial charge in [-0.1, -0.05) is 18.2 Å². The van der Waals surface area contributed by atoms with Crippen LogP contribution in [0.25, 0.3) is 0 Å². The van der Waals surface area contributed by atoms with E-state index in [2.05, 4.69) is 20.6 Å². The molecule has 0 aliphatic rings. The Labute approximate surface area is 162 Å². The van der Waals surface area contributed by atoms with Crippen molar-refractivity contribution in [2.45, 2.75) is 13.5 Å². The summed E-state index contributed by atoms with van der Waals surface area (Å²) in [5, 5.41) is 5.92. The lowest BCUT2D eigenvalue weighted by atomic mass is 10.1. The molecule has 142 valence electrons. The number of aromatic nitrogens is 2. The molecule has 2 heterocycles. The molecule has 0 radical (unpaired) electrons. The number of para-hydroxylation sites is 1. The van der Waals surface area contributed by atoms with Crippen LogP contribution in [0.15, 0.2) is 67.1 Å². The molecule has 0 spiro atoms. The molecule has 1 aromatic carbocycles. The van der Waals surface area contributed by atoms with E-state index in [1.807, 2.05) is 12.1 Å². The topological polar surface area (TPSA) is 93.2 Å². The number of rotatable bonds is 7. The van der Waals surface area contributed by atoms with E-state index in [9.17, 15) is 9.59 Å². The first-order chi connectivity index (χ1) is 13.7. The van der Waals surface area contributed by atoms with E-state index >= 15 is 0 Å². The average Bonchev–Trinajstić information content (AvgIpc) is 2.73. The summed E-state index contributed by atoms with van der Waals surface area (Å²) in [6, 6.07) is 13.9. The van der Waals surface area contributed by atoms with Gasteiger partial charge in [0.1, 0.15) is 5.82 Å². The Kier molecular flexibility index (Phi) is 6.30. The molecule has 0 aliphatic carbocycles. The molecule has 2 aromatic heterocycles. The number of ether oxygens (including phenoxy) is 1. The highest BCUT2D eigenvalue weighted by Crippen LogP contribution is 2.21. The van der Waals surface area contributed by atoms with E-state index in [0.717, 1.165) is 5.56 Å². The fourth-order valence-electron chi connectivity index (χ4n) is 2.54. The lowest BCUT2D eigenvalue weighted by molar-refractivity contribution is 0.0527. The first-order valence-electron chi connectivity index (χ1n) is 8.83. The van der Waals surface area contributed by atoms with Gasteiger partial charge in [-0.15, -0.1) is 0 Å². The molecule has 28 heavy (non-hydrogen) atoms. The predicted octanol–water partition coefficient (Wildman–Crippen LogP) is 3.33. The second-order valence-electron chi connectivity index (χ2n) is 5.86. The van der Waals surface area contributed by atoms with Gasteiger partial charge in [0, 0.05) is 30.7 Å². The summed E-state index contributed by atoms with van der Waals surface area (Å²) >= 11 is 0. The fraction of sp³-hybridized carbons (Fsp3) is 0.143. The number of hydrogen-bond donors (Lipinski definition) is 2. The molecule has 2 N–H and O–H groups in total. The Morgan fingerprint density at radius 1 is 1.07 bits per heavy atom. The van der Waals surface area contributed by atoms with Crippen molar-refractivity contribution >= 4 is 23.4 Å². The van der Waals surface area contributed by atoms with Gasteiger partial charge in [0.05, 0.1) is 17.9 Å². The van der Waals surface area contributed by atoms with Gasteiger partial charge in [-0.2, -0.15) is 0 Å². The maximum Gasteiger partial charge on any atom is 0.340 e. The van der Waals surface area contributed by atoms with Crippen LogP contribution >= 0.6 is 0 Å². The Morgan fingerprint density at radius 2 is 1.93 bits per heavy atom. The number of amides is 1. The van der Waals surface area contributed by atoms with Gasteiger partial charge in [0.2, 0.25) is 0 Å². The minimum absolute atomic E-state index is 0.229. The zero-order valence-corrected chi connectivity index (χ0v) is 15.4. The Balaban J connectivity index is 1.72. The van der Waals surface area contributed by atoms with E-state index in [0.29, 0.717) is 29.2 Å². The number of carbonyl (C=O) groups excluding carboxylic acids is 2. The highest BCUT2D eigenvalue weighted by molar-refractivity contribution is 5.97. The van der Waals surface area contributed by atoms with Crippen LogP contribution in [-0.2, 0) is 11.3 Å². The van der Waals surface area contributed by atoms with Crippen molar-refractivity contribution in [3.05, 3.63) is 83.8 Å². The second kappa shape index (κ2) is 9.27. The van der Waals surface area contributed by atoms with Crippen LogP contribution in [0.5, 0.6) is 0 Å². The van der Waals surface area contributed by atoms with Crippen LogP contribution in [-0.4, -0.2) is 28.5 Å². The smallest absolute Gasteiger partial charge is 0.340 e. The van der Waals surface area contributed by atoms with Gasteiger partial charge in [-0.05, 0) is 42.8 Å². The van der Waals surface area contributed by atoms with E-state index < -0.39 is 5.97 Å². The summed E-state index contributed by atoms with van der Waals surface area (Å²) in [6.07, 6.45) is 4.92. The van der Waals surface area contributed by atoms with Gasteiger partial charge in [-0.3, -0.25) is 9.78 Å². The quantitative estimate of drug-likeness (QED) is 0.615. The molecular weight excluding hydrogens is 356 g/mol. The van der Waals surface area contributed by atoms with Crippen molar-refractivity contribution in [2.75, 3.05) is 11.9 Å². The normalized spacial score (nSPS) is 10.2. The maximum atomic E-state index is 12.4. The van der Waals surface area contributed by atoms with Gasteiger partial charge < -0.3 is 15.4 Å². The molecular formula is C21H20N4O3. The predicted molar refractivity (Wildman–Crippen MR) is 105 cm³/mol. The molecule has 0 saturated carbocycles. The molecule has 0 unspecified atom stereocenters. The zero-order chi connectivity index (χ0) is 19.8. The molecule has 0 fully saturated rings. The number of anilines is 2. The number of nitrogens with one attached hydrogen (secondary N) is 2. The van der Waals surface area contributed by atoms with Crippen molar-refractivity contribution in [1.82, 2.24) is 15.3 Å². The van der Waals surface area contributed by atoms with Crippen molar-refractivity contribution in [1.29, 1.82) is 0 Å². The number of benzene rings is 1. The Morgan fingerprint density at radius 3 is 2.71 bits per heavy atom. The van der Waals surface area contributed by atoms with E-state index in [1.165, 1.54) is 6.20 Å². The number of nitrogens with zero attached hydrogens (tertiary/aromatic N) is 2. The number of hydrogen-bond acceptors (Lipinski definition) is 6. The third-order valence-electron chi connectivity index (χ3n) is 3.88. The van der Waals surface area contributed by atoms with Crippen LogP contribution in [0.2, 0.25) is 0 Å². The molecule has 0 saturated heterocycles. The SMILES string of the molecule is CCOC(=O)c1ccccc1Nc1cc(C(=O)NCc2cccnc2)ccn1.